The summed E-state index contributed by atoms with van der Waals surface area (Å²) in [5.74, 6) is 1.68. The van der Waals surface area contributed by atoms with Gasteiger partial charge in [-0.1, -0.05) is 6.07 Å². The molecule has 1 aromatic heterocycles. The van der Waals surface area contributed by atoms with E-state index in [4.69, 9.17) is 15.2 Å². The molecule has 9 heteroatoms. The second kappa shape index (κ2) is 9.41. The molecular formula is C19H25N5O3S. The van der Waals surface area contributed by atoms with Crippen molar-refractivity contribution in [3.63, 3.8) is 0 Å². The highest BCUT2D eigenvalue weighted by atomic mass is 32.1. The number of hydrogen-bond donors (Lipinski definition) is 1. The van der Waals surface area contributed by atoms with Crippen LogP contribution in [0.4, 0.5) is 11.1 Å². The first kappa shape index (κ1) is 19.9. The molecule has 2 aromatic rings. The number of benzene rings is 1. The molecule has 0 saturated carbocycles. The number of ether oxygens (including phenoxy) is 2. The zero-order valence-electron chi connectivity index (χ0n) is 16.1. The van der Waals surface area contributed by atoms with Crippen LogP contribution in [0, 0.1) is 0 Å². The van der Waals surface area contributed by atoms with Crippen LogP contribution in [0.5, 0.6) is 11.5 Å². The second-order valence-corrected chi connectivity index (χ2v) is 6.88. The number of nitrogens with two attached hydrogens (primary N) is 1. The summed E-state index contributed by atoms with van der Waals surface area (Å²) in [6.45, 7) is 7.68. The number of aromatic nitrogens is 2. The number of hydrogen-bond acceptors (Lipinski definition) is 8. The van der Waals surface area contributed by atoms with Crippen molar-refractivity contribution >= 4 is 34.6 Å². The van der Waals surface area contributed by atoms with E-state index >= 15 is 0 Å². The zero-order chi connectivity index (χ0) is 19.9. The first-order chi connectivity index (χ1) is 13.6. The summed E-state index contributed by atoms with van der Waals surface area (Å²) in [6, 6.07) is 5.66. The van der Waals surface area contributed by atoms with Crippen LogP contribution in [0.1, 0.15) is 19.4 Å². The molecule has 0 bridgehead atoms. The van der Waals surface area contributed by atoms with Gasteiger partial charge in [-0.15, -0.1) is 0 Å². The number of piperazine rings is 1. The van der Waals surface area contributed by atoms with E-state index in [-0.39, 0.29) is 5.91 Å². The molecule has 28 heavy (non-hydrogen) atoms. The maximum atomic E-state index is 12.5. The molecule has 0 unspecified atom stereocenters. The van der Waals surface area contributed by atoms with Crippen LogP contribution in [0.25, 0.3) is 6.08 Å². The lowest BCUT2D eigenvalue weighted by molar-refractivity contribution is -0.126. The quantitative estimate of drug-likeness (QED) is 0.709. The molecule has 2 heterocycles. The van der Waals surface area contributed by atoms with Gasteiger partial charge in [-0.05, 0) is 37.6 Å². The molecule has 150 valence electrons. The van der Waals surface area contributed by atoms with E-state index in [9.17, 15) is 4.79 Å². The standard InChI is InChI=1S/C19H25N5O3S/c1-3-26-15-7-5-14(13-16(15)27-4-2)6-8-17(25)23-9-11-24(12-10-23)19-21-18(20)22-28-19/h5-8,13H,3-4,9-12H2,1-2H3,(H2,20,22)/b8-6+. The molecular weight excluding hydrogens is 378 g/mol. The molecule has 1 aromatic carbocycles. The third-order valence-electron chi connectivity index (χ3n) is 4.28. The van der Waals surface area contributed by atoms with Crippen molar-refractivity contribution < 1.29 is 14.3 Å². The monoisotopic (exact) mass is 403 g/mol. The van der Waals surface area contributed by atoms with Gasteiger partial charge in [-0.3, -0.25) is 4.79 Å². The summed E-state index contributed by atoms with van der Waals surface area (Å²) in [4.78, 5) is 20.6. The number of amides is 1. The summed E-state index contributed by atoms with van der Waals surface area (Å²) >= 11 is 1.28. The van der Waals surface area contributed by atoms with E-state index in [0.29, 0.717) is 56.8 Å². The van der Waals surface area contributed by atoms with Gasteiger partial charge in [0.05, 0.1) is 13.2 Å². The van der Waals surface area contributed by atoms with Gasteiger partial charge in [-0.2, -0.15) is 9.36 Å². The SMILES string of the molecule is CCOc1ccc(/C=C/C(=O)N2CCN(c3nc(N)ns3)CC2)cc1OCC. The largest absolute Gasteiger partial charge is 0.490 e. The van der Waals surface area contributed by atoms with Gasteiger partial charge in [0, 0.05) is 43.8 Å². The lowest BCUT2D eigenvalue weighted by atomic mass is 10.2. The minimum Gasteiger partial charge on any atom is -0.490 e. The molecule has 8 nitrogen and oxygen atoms in total. The van der Waals surface area contributed by atoms with Crippen molar-refractivity contribution in [1.29, 1.82) is 0 Å². The third-order valence-corrected chi connectivity index (χ3v) is 5.07. The van der Waals surface area contributed by atoms with Gasteiger partial charge < -0.3 is 25.0 Å². The van der Waals surface area contributed by atoms with Crippen LogP contribution in [0.2, 0.25) is 0 Å². The Labute approximate surface area is 168 Å². The highest BCUT2D eigenvalue weighted by Gasteiger charge is 2.21. The molecule has 1 amide bonds. The van der Waals surface area contributed by atoms with E-state index < -0.39 is 0 Å². The van der Waals surface area contributed by atoms with Gasteiger partial charge >= 0.3 is 0 Å². The van der Waals surface area contributed by atoms with Crippen LogP contribution in [0.15, 0.2) is 24.3 Å². The van der Waals surface area contributed by atoms with E-state index in [1.165, 1.54) is 11.5 Å². The Morgan fingerprint density at radius 3 is 2.54 bits per heavy atom. The van der Waals surface area contributed by atoms with Crippen molar-refractivity contribution in [2.24, 2.45) is 0 Å². The molecule has 1 aliphatic rings. The number of rotatable bonds is 7. The van der Waals surface area contributed by atoms with E-state index in [0.717, 1.165) is 10.7 Å². The number of carbonyl (C=O) groups is 1. The molecule has 0 atom stereocenters. The smallest absolute Gasteiger partial charge is 0.246 e. The summed E-state index contributed by atoms with van der Waals surface area (Å²) < 4.78 is 15.2. The molecule has 0 aliphatic carbocycles. The Bertz CT molecular complexity index is 831. The Morgan fingerprint density at radius 2 is 1.89 bits per heavy atom. The van der Waals surface area contributed by atoms with Gasteiger partial charge in [0.1, 0.15) is 0 Å². The van der Waals surface area contributed by atoms with Crippen molar-refractivity contribution in [3.8, 4) is 11.5 Å². The van der Waals surface area contributed by atoms with E-state index in [1.807, 2.05) is 36.9 Å². The fraction of sp³-hybridized carbons (Fsp3) is 0.421. The van der Waals surface area contributed by atoms with Crippen LogP contribution in [-0.4, -0.2) is 59.6 Å². The van der Waals surface area contributed by atoms with Crippen LogP contribution >= 0.6 is 11.5 Å². The maximum Gasteiger partial charge on any atom is 0.246 e. The Morgan fingerprint density at radius 1 is 1.18 bits per heavy atom. The predicted octanol–water partition coefficient (Wildman–Crippen LogP) is 2.28. The lowest BCUT2D eigenvalue weighted by Crippen LogP contribution is -2.48. The molecule has 3 rings (SSSR count). The second-order valence-electron chi connectivity index (χ2n) is 6.15. The van der Waals surface area contributed by atoms with Crippen LogP contribution < -0.4 is 20.1 Å². The Balaban J connectivity index is 1.58. The Hall–Kier alpha value is -2.81. The van der Waals surface area contributed by atoms with E-state index in [1.54, 1.807) is 12.2 Å². The Kier molecular flexibility index (Phi) is 6.70. The molecule has 0 radical (unpaired) electrons. The van der Waals surface area contributed by atoms with Gasteiger partial charge in [0.25, 0.3) is 0 Å². The fourth-order valence-electron chi connectivity index (χ4n) is 2.92. The molecule has 2 N–H and O–H groups in total. The normalized spacial score (nSPS) is 14.5. The minimum atomic E-state index is -0.0109. The van der Waals surface area contributed by atoms with Crippen LogP contribution in [-0.2, 0) is 4.79 Å². The topological polar surface area (TPSA) is 93.8 Å². The lowest BCUT2D eigenvalue weighted by Gasteiger charge is -2.33. The van der Waals surface area contributed by atoms with E-state index in [2.05, 4.69) is 14.3 Å². The molecule has 1 aliphatic heterocycles. The van der Waals surface area contributed by atoms with Crippen molar-refractivity contribution in [1.82, 2.24) is 14.3 Å². The predicted molar refractivity (Wildman–Crippen MR) is 111 cm³/mol. The summed E-state index contributed by atoms with van der Waals surface area (Å²) in [5, 5.41) is 0.804. The summed E-state index contributed by atoms with van der Waals surface area (Å²) in [7, 11) is 0. The number of nitrogen functional groups attached to an aromatic ring is 1. The highest BCUT2D eigenvalue weighted by Crippen LogP contribution is 2.29. The summed E-state index contributed by atoms with van der Waals surface area (Å²) in [6.07, 6.45) is 3.41. The van der Waals surface area contributed by atoms with Gasteiger partial charge in [-0.25, -0.2) is 0 Å². The van der Waals surface area contributed by atoms with Crippen molar-refractivity contribution in [3.05, 3.63) is 29.8 Å². The number of anilines is 2. The van der Waals surface area contributed by atoms with Crippen molar-refractivity contribution in [2.45, 2.75) is 13.8 Å². The first-order valence-electron chi connectivity index (χ1n) is 9.31. The average Bonchev–Trinajstić information content (AvgIpc) is 3.14. The van der Waals surface area contributed by atoms with Crippen LogP contribution in [0.3, 0.4) is 0 Å². The van der Waals surface area contributed by atoms with Gasteiger partial charge in [0.15, 0.2) is 11.5 Å². The maximum absolute atomic E-state index is 12.5. The van der Waals surface area contributed by atoms with Gasteiger partial charge in [0.2, 0.25) is 17.0 Å². The molecule has 0 spiro atoms. The van der Waals surface area contributed by atoms with Crippen molar-refractivity contribution in [2.75, 3.05) is 50.0 Å². The summed E-state index contributed by atoms with van der Waals surface area (Å²) in [5.41, 5.74) is 6.47. The molecule has 1 fully saturated rings. The average molecular weight is 404 g/mol. The first-order valence-corrected chi connectivity index (χ1v) is 10.1. The number of carbonyl (C=O) groups excluding carboxylic acids is 1. The minimum absolute atomic E-state index is 0.0109. The fourth-order valence-corrected chi connectivity index (χ4v) is 3.57. The number of nitrogens with zero attached hydrogens (tertiary/aromatic N) is 4. The highest BCUT2D eigenvalue weighted by molar-refractivity contribution is 7.09. The molecule has 1 saturated heterocycles. The zero-order valence-corrected chi connectivity index (χ0v) is 16.9. The third kappa shape index (κ3) is 4.92.